The molecule has 1 heterocycles. The van der Waals surface area contributed by atoms with Crippen molar-refractivity contribution in [2.24, 2.45) is 5.92 Å². The van der Waals surface area contributed by atoms with Gasteiger partial charge in [-0.15, -0.1) is 0 Å². The first-order chi connectivity index (χ1) is 9.33. The van der Waals surface area contributed by atoms with E-state index < -0.39 is 0 Å². The maximum Gasteiger partial charge on any atom is 0.159 e. The van der Waals surface area contributed by atoms with Gasteiger partial charge in [0.05, 0.1) is 0 Å². The van der Waals surface area contributed by atoms with Gasteiger partial charge in [-0.3, -0.25) is 0 Å². The molecule has 0 bridgehead atoms. The van der Waals surface area contributed by atoms with Gasteiger partial charge in [0, 0.05) is 36.1 Å². The summed E-state index contributed by atoms with van der Waals surface area (Å²) < 4.78 is 0. The van der Waals surface area contributed by atoms with Crippen molar-refractivity contribution in [2.45, 2.75) is 32.4 Å². The Bertz CT molecular complexity index is 517. The Labute approximate surface area is 114 Å². The van der Waals surface area contributed by atoms with Gasteiger partial charge in [-0.1, -0.05) is 30.3 Å². The van der Waals surface area contributed by atoms with Gasteiger partial charge in [0.1, 0.15) is 0 Å². The minimum Gasteiger partial charge on any atom is -0.310 e. The van der Waals surface area contributed by atoms with Gasteiger partial charge in [0.15, 0.2) is 5.82 Å². The molecule has 1 aromatic carbocycles. The highest BCUT2D eigenvalue weighted by atomic mass is 14.9. The predicted molar refractivity (Wildman–Crippen MR) is 76.5 cm³/mol. The summed E-state index contributed by atoms with van der Waals surface area (Å²) in [4.78, 5) is 8.87. The molecule has 1 aliphatic rings. The second-order valence-electron chi connectivity index (χ2n) is 5.29. The van der Waals surface area contributed by atoms with Crippen LogP contribution < -0.4 is 5.32 Å². The molecule has 0 radical (unpaired) electrons. The lowest BCUT2D eigenvalue weighted by molar-refractivity contribution is 0.495. The van der Waals surface area contributed by atoms with Crippen LogP contribution in [0.5, 0.6) is 0 Å². The standard InChI is InChI=1S/C16H19N3/c1-12(14-7-8-14)17-9-13-10-18-16(19-11-13)15-5-3-2-4-6-15/h2-6,10-12,14,17H,7-9H2,1H3. The third kappa shape index (κ3) is 3.18. The lowest BCUT2D eigenvalue weighted by Crippen LogP contribution is -2.27. The highest BCUT2D eigenvalue weighted by Crippen LogP contribution is 2.32. The van der Waals surface area contributed by atoms with E-state index in [2.05, 4.69) is 22.2 Å². The van der Waals surface area contributed by atoms with Crippen LogP contribution in [-0.4, -0.2) is 16.0 Å². The SMILES string of the molecule is CC(NCc1cnc(-c2ccccc2)nc1)C1CC1. The van der Waals surface area contributed by atoms with E-state index in [-0.39, 0.29) is 0 Å². The van der Waals surface area contributed by atoms with Gasteiger partial charge in [0.2, 0.25) is 0 Å². The maximum absolute atomic E-state index is 4.44. The second-order valence-corrected chi connectivity index (χ2v) is 5.29. The van der Waals surface area contributed by atoms with Gasteiger partial charge in [0.25, 0.3) is 0 Å². The van der Waals surface area contributed by atoms with Crippen LogP contribution >= 0.6 is 0 Å². The summed E-state index contributed by atoms with van der Waals surface area (Å²) in [5.41, 5.74) is 2.21. The van der Waals surface area contributed by atoms with E-state index in [1.807, 2.05) is 42.7 Å². The van der Waals surface area contributed by atoms with Crippen molar-refractivity contribution in [3.8, 4) is 11.4 Å². The number of nitrogens with one attached hydrogen (secondary N) is 1. The van der Waals surface area contributed by atoms with Crippen molar-refractivity contribution in [3.63, 3.8) is 0 Å². The molecular formula is C16H19N3. The van der Waals surface area contributed by atoms with E-state index in [1.54, 1.807) is 0 Å². The third-order valence-electron chi connectivity index (χ3n) is 3.69. The number of nitrogens with zero attached hydrogens (tertiary/aromatic N) is 2. The summed E-state index contributed by atoms with van der Waals surface area (Å²) >= 11 is 0. The smallest absolute Gasteiger partial charge is 0.159 e. The van der Waals surface area contributed by atoms with Crippen LogP contribution in [-0.2, 0) is 6.54 Å². The van der Waals surface area contributed by atoms with Crippen molar-refractivity contribution in [1.29, 1.82) is 0 Å². The fourth-order valence-electron chi connectivity index (χ4n) is 2.22. The normalized spacial score (nSPS) is 16.3. The van der Waals surface area contributed by atoms with Crippen molar-refractivity contribution in [2.75, 3.05) is 0 Å². The Morgan fingerprint density at radius 2 is 1.84 bits per heavy atom. The zero-order chi connectivity index (χ0) is 13.1. The molecule has 1 N–H and O–H groups in total. The number of rotatable bonds is 5. The van der Waals surface area contributed by atoms with E-state index in [0.717, 1.165) is 29.4 Å². The van der Waals surface area contributed by atoms with Crippen molar-refractivity contribution < 1.29 is 0 Å². The first-order valence-corrected chi connectivity index (χ1v) is 6.92. The molecule has 1 unspecified atom stereocenters. The molecule has 98 valence electrons. The van der Waals surface area contributed by atoms with Gasteiger partial charge >= 0.3 is 0 Å². The second kappa shape index (κ2) is 5.49. The predicted octanol–water partition coefficient (Wildman–Crippen LogP) is 3.03. The largest absolute Gasteiger partial charge is 0.310 e. The zero-order valence-electron chi connectivity index (χ0n) is 11.2. The Morgan fingerprint density at radius 3 is 2.47 bits per heavy atom. The Balaban J connectivity index is 1.62. The summed E-state index contributed by atoms with van der Waals surface area (Å²) in [6.07, 6.45) is 6.58. The molecule has 1 saturated carbocycles. The molecule has 2 aromatic rings. The molecule has 3 rings (SSSR count). The van der Waals surface area contributed by atoms with E-state index >= 15 is 0 Å². The molecule has 1 atom stereocenters. The first-order valence-electron chi connectivity index (χ1n) is 6.92. The van der Waals surface area contributed by atoms with Gasteiger partial charge < -0.3 is 5.32 Å². The average Bonchev–Trinajstić information content (AvgIpc) is 3.31. The number of hydrogen-bond donors (Lipinski definition) is 1. The van der Waals surface area contributed by atoms with Crippen LogP contribution in [0.2, 0.25) is 0 Å². The Kier molecular flexibility index (Phi) is 3.56. The fraction of sp³-hybridized carbons (Fsp3) is 0.375. The fourth-order valence-corrected chi connectivity index (χ4v) is 2.22. The summed E-state index contributed by atoms with van der Waals surface area (Å²) in [6, 6.07) is 10.7. The Hall–Kier alpha value is -1.74. The Morgan fingerprint density at radius 1 is 1.16 bits per heavy atom. The summed E-state index contributed by atoms with van der Waals surface area (Å²) in [6.45, 7) is 3.11. The molecule has 3 heteroatoms. The summed E-state index contributed by atoms with van der Waals surface area (Å²) in [7, 11) is 0. The number of benzene rings is 1. The molecule has 0 saturated heterocycles. The van der Waals surface area contributed by atoms with Crippen molar-refractivity contribution in [1.82, 2.24) is 15.3 Å². The van der Waals surface area contributed by atoms with Gasteiger partial charge in [-0.25, -0.2) is 9.97 Å². The van der Waals surface area contributed by atoms with E-state index in [1.165, 1.54) is 12.8 Å². The summed E-state index contributed by atoms with van der Waals surface area (Å²) in [5, 5.41) is 3.54. The minimum absolute atomic E-state index is 0.605. The average molecular weight is 253 g/mol. The maximum atomic E-state index is 4.44. The molecule has 0 spiro atoms. The van der Waals surface area contributed by atoms with Crippen LogP contribution in [0.25, 0.3) is 11.4 Å². The molecule has 0 amide bonds. The lowest BCUT2D eigenvalue weighted by atomic mass is 10.2. The zero-order valence-corrected chi connectivity index (χ0v) is 11.2. The minimum atomic E-state index is 0.605. The molecule has 1 aliphatic carbocycles. The lowest BCUT2D eigenvalue weighted by Gasteiger charge is -2.12. The monoisotopic (exact) mass is 253 g/mol. The molecule has 19 heavy (non-hydrogen) atoms. The van der Waals surface area contributed by atoms with Crippen molar-refractivity contribution in [3.05, 3.63) is 48.3 Å². The highest BCUT2D eigenvalue weighted by molar-refractivity contribution is 5.53. The summed E-state index contributed by atoms with van der Waals surface area (Å²) in [5.74, 6) is 1.67. The van der Waals surface area contributed by atoms with Crippen LogP contribution in [0, 0.1) is 5.92 Å². The van der Waals surface area contributed by atoms with Gasteiger partial charge in [-0.05, 0) is 25.7 Å². The number of aromatic nitrogens is 2. The van der Waals surface area contributed by atoms with Crippen LogP contribution in [0.15, 0.2) is 42.7 Å². The molecule has 3 nitrogen and oxygen atoms in total. The van der Waals surface area contributed by atoms with Gasteiger partial charge in [-0.2, -0.15) is 0 Å². The highest BCUT2D eigenvalue weighted by Gasteiger charge is 2.27. The number of hydrogen-bond acceptors (Lipinski definition) is 3. The topological polar surface area (TPSA) is 37.8 Å². The molecular weight excluding hydrogens is 234 g/mol. The molecule has 0 aliphatic heterocycles. The van der Waals surface area contributed by atoms with E-state index in [9.17, 15) is 0 Å². The van der Waals surface area contributed by atoms with E-state index in [4.69, 9.17) is 0 Å². The first kappa shape index (κ1) is 12.3. The van der Waals surface area contributed by atoms with E-state index in [0.29, 0.717) is 6.04 Å². The van der Waals surface area contributed by atoms with Crippen LogP contribution in [0.4, 0.5) is 0 Å². The van der Waals surface area contributed by atoms with Crippen molar-refractivity contribution >= 4 is 0 Å². The molecule has 1 fully saturated rings. The quantitative estimate of drug-likeness (QED) is 0.890. The van der Waals surface area contributed by atoms with Crippen LogP contribution in [0.3, 0.4) is 0 Å². The third-order valence-corrected chi connectivity index (χ3v) is 3.69. The van der Waals surface area contributed by atoms with Crippen LogP contribution in [0.1, 0.15) is 25.3 Å². The molecule has 1 aromatic heterocycles.